The molecule has 1 aliphatic rings. The number of carbonyl (C=O) groups excluding carboxylic acids is 1. The number of hydrogen-bond donors (Lipinski definition) is 1. The highest BCUT2D eigenvalue weighted by atomic mass is 32.2. The van der Waals surface area contributed by atoms with Crippen LogP contribution in [0.1, 0.15) is 16.8 Å². The second-order valence-corrected chi connectivity index (χ2v) is 12.9. The molecule has 1 N–H and O–H groups in total. The lowest BCUT2D eigenvalue weighted by Crippen LogP contribution is -2.23. The molecule has 2 aromatic rings. The smallest absolute Gasteiger partial charge is 0.337 e. The molecule has 1 fully saturated rings. The van der Waals surface area contributed by atoms with Gasteiger partial charge in [0.25, 0.3) is 10.0 Å². The number of sulfone groups is 2. The molecule has 1 aliphatic heterocycles. The van der Waals surface area contributed by atoms with Crippen molar-refractivity contribution in [3.8, 4) is 0 Å². The first-order chi connectivity index (χ1) is 13.9. The number of methoxy groups -OCH3 is 1. The van der Waals surface area contributed by atoms with E-state index in [1.807, 2.05) is 0 Å². The van der Waals surface area contributed by atoms with E-state index >= 15 is 0 Å². The number of benzene rings is 2. The quantitative estimate of drug-likeness (QED) is 0.618. The van der Waals surface area contributed by atoms with Crippen LogP contribution in [0.25, 0.3) is 0 Å². The highest BCUT2D eigenvalue weighted by molar-refractivity contribution is 7.96. The lowest BCUT2D eigenvalue weighted by Gasteiger charge is -2.13. The second-order valence-electron chi connectivity index (χ2n) is 6.72. The van der Waals surface area contributed by atoms with Crippen LogP contribution >= 0.6 is 0 Å². The molecule has 30 heavy (non-hydrogen) atoms. The SMILES string of the molecule is COC(=O)c1cccc(NS(=O)(=O)c2cccc(S(=O)(=O)C3CCS(=O)(=O)C3)c2)c1. The lowest BCUT2D eigenvalue weighted by atomic mass is 10.2. The number of esters is 1. The zero-order valence-corrected chi connectivity index (χ0v) is 18.3. The fourth-order valence-corrected chi connectivity index (χ4v) is 8.63. The Labute approximate surface area is 175 Å². The van der Waals surface area contributed by atoms with Crippen LogP contribution in [0.5, 0.6) is 0 Å². The Bertz CT molecular complexity index is 1300. The van der Waals surface area contributed by atoms with Gasteiger partial charge < -0.3 is 4.74 Å². The Kier molecular flexibility index (Phi) is 5.94. The maximum atomic E-state index is 12.8. The number of nitrogens with one attached hydrogen (secondary N) is 1. The first-order valence-electron chi connectivity index (χ1n) is 8.70. The normalized spacial score (nSPS) is 18.6. The van der Waals surface area contributed by atoms with Gasteiger partial charge in [-0.2, -0.15) is 0 Å². The molecule has 3 rings (SSSR count). The number of rotatable bonds is 6. The molecule has 1 atom stereocenters. The summed E-state index contributed by atoms with van der Waals surface area (Å²) in [5.74, 6) is -1.34. The van der Waals surface area contributed by atoms with E-state index in [0.717, 1.165) is 6.07 Å². The molecular formula is C18H19NO8S3. The van der Waals surface area contributed by atoms with Crippen molar-refractivity contribution in [3.05, 3.63) is 54.1 Å². The van der Waals surface area contributed by atoms with E-state index in [0.29, 0.717) is 0 Å². The summed E-state index contributed by atoms with van der Waals surface area (Å²) in [5.41, 5.74) is 0.226. The summed E-state index contributed by atoms with van der Waals surface area (Å²) in [7, 11) is -10.4. The van der Waals surface area contributed by atoms with Crippen molar-refractivity contribution in [2.45, 2.75) is 21.5 Å². The van der Waals surface area contributed by atoms with E-state index in [1.165, 1.54) is 49.6 Å². The molecule has 0 radical (unpaired) electrons. The van der Waals surface area contributed by atoms with E-state index in [-0.39, 0.29) is 33.2 Å². The molecule has 9 nitrogen and oxygen atoms in total. The van der Waals surface area contributed by atoms with Crippen molar-refractivity contribution >= 4 is 41.4 Å². The van der Waals surface area contributed by atoms with Crippen LogP contribution in [0.3, 0.4) is 0 Å². The highest BCUT2D eigenvalue weighted by Gasteiger charge is 2.38. The molecule has 0 saturated carbocycles. The van der Waals surface area contributed by atoms with Crippen LogP contribution < -0.4 is 4.72 Å². The minimum Gasteiger partial charge on any atom is -0.465 e. The van der Waals surface area contributed by atoms with Gasteiger partial charge in [-0.15, -0.1) is 0 Å². The van der Waals surface area contributed by atoms with Crippen molar-refractivity contribution in [1.29, 1.82) is 0 Å². The summed E-state index contributed by atoms with van der Waals surface area (Å²) in [6, 6.07) is 10.3. The van der Waals surface area contributed by atoms with Crippen LogP contribution in [-0.4, -0.2) is 55.1 Å². The third-order valence-corrected chi connectivity index (χ3v) is 10.2. The second kappa shape index (κ2) is 8.00. The van der Waals surface area contributed by atoms with E-state index in [2.05, 4.69) is 9.46 Å². The van der Waals surface area contributed by atoms with Crippen molar-refractivity contribution in [3.63, 3.8) is 0 Å². The fraction of sp³-hybridized carbons (Fsp3) is 0.278. The third kappa shape index (κ3) is 4.65. The van der Waals surface area contributed by atoms with Crippen LogP contribution in [0.2, 0.25) is 0 Å². The Balaban J connectivity index is 1.91. The number of anilines is 1. The molecule has 2 aromatic carbocycles. The molecule has 12 heteroatoms. The monoisotopic (exact) mass is 473 g/mol. The molecule has 1 unspecified atom stereocenters. The largest absolute Gasteiger partial charge is 0.465 e. The maximum absolute atomic E-state index is 12.8. The summed E-state index contributed by atoms with van der Waals surface area (Å²) in [6.07, 6.45) is -0.0276. The van der Waals surface area contributed by atoms with Crippen molar-refractivity contribution in [2.24, 2.45) is 0 Å². The average molecular weight is 474 g/mol. The van der Waals surface area contributed by atoms with E-state index in [9.17, 15) is 30.0 Å². The van der Waals surface area contributed by atoms with Gasteiger partial charge in [0.2, 0.25) is 0 Å². The molecule has 0 amide bonds. The van der Waals surface area contributed by atoms with Gasteiger partial charge in [0.15, 0.2) is 19.7 Å². The highest BCUT2D eigenvalue weighted by Crippen LogP contribution is 2.27. The standard InChI is InChI=1S/C18H19NO8S3/c1-27-18(20)13-4-2-5-14(10-13)19-30(25,26)16-7-3-6-15(11-16)29(23,24)17-8-9-28(21,22)12-17/h2-7,10-11,17,19H,8-9,12H2,1H3. The first-order valence-corrected chi connectivity index (χ1v) is 13.6. The number of hydrogen-bond acceptors (Lipinski definition) is 8. The van der Waals surface area contributed by atoms with Gasteiger partial charge in [-0.05, 0) is 42.8 Å². The molecular weight excluding hydrogens is 454 g/mol. The lowest BCUT2D eigenvalue weighted by molar-refractivity contribution is 0.0600. The molecule has 162 valence electrons. The zero-order chi connectivity index (χ0) is 22.2. The van der Waals surface area contributed by atoms with Gasteiger partial charge in [0.05, 0.1) is 39.2 Å². The molecule has 0 aromatic heterocycles. The molecule has 1 saturated heterocycles. The topological polar surface area (TPSA) is 141 Å². The van der Waals surface area contributed by atoms with Crippen LogP contribution in [0, 0.1) is 0 Å². The zero-order valence-electron chi connectivity index (χ0n) is 15.8. The Morgan fingerprint density at radius 2 is 1.70 bits per heavy atom. The van der Waals surface area contributed by atoms with Gasteiger partial charge >= 0.3 is 5.97 Å². The summed E-state index contributed by atoms with van der Waals surface area (Å²) < 4.78 is 81.2. The Morgan fingerprint density at radius 1 is 1.03 bits per heavy atom. The van der Waals surface area contributed by atoms with Crippen molar-refractivity contribution in [2.75, 3.05) is 23.3 Å². The van der Waals surface area contributed by atoms with Crippen LogP contribution in [0.15, 0.2) is 58.3 Å². The van der Waals surface area contributed by atoms with Gasteiger partial charge in [-0.3, -0.25) is 4.72 Å². The van der Waals surface area contributed by atoms with Gasteiger partial charge in [0.1, 0.15) is 0 Å². The maximum Gasteiger partial charge on any atom is 0.337 e. The number of carbonyl (C=O) groups is 1. The number of sulfonamides is 1. The summed E-state index contributed by atoms with van der Waals surface area (Å²) in [6.45, 7) is 0. The summed E-state index contributed by atoms with van der Waals surface area (Å²) in [5, 5.41) is -1.11. The fourth-order valence-electron chi connectivity index (χ4n) is 3.06. The Hall–Kier alpha value is -2.44. The van der Waals surface area contributed by atoms with Crippen molar-refractivity contribution < 1.29 is 34.8 Å². The van der Waals surface area contributed by atoms with Gasteiger partial charge in [-0.1, -0.05) is 12.1 Å². The Morgan fingerprint density at radius 3 is 2.33 bits per heavy atom. The van der Waals surface area contributed by atoms with Gasteiger partial charge in [-0.25, -0.2) is 30.0 Å². The molecule has 0 bridgehead atoms. The van der Waals surface area contributed by atoms with Crippen LogP contribution in [0.4, 0.5) is 5.69 Å². The average Bonchev–Trinajstić information content (AvgIpc) is 3.08. The molecule has 0 spiro atoms. The predicted octanol–water partition coefficient (Wildman–Crippen LogP) is 1.23. The predicted molar refractivity (Wildman–Crippen MR) is 109 cm³/mol. The van der Waals surface area contributed by atoms with Gasteiger partial charge in [0, 0.05) is 5.69 Å². The summed E-state index contributed by atoms with van der Waals surface area (Å²) in [4.78, 5) is 11.0. The van der Waals surface area contributed by atoms with E-state index in [1.54, 1.807) is 0 Å². The van der Waals surface area contributed by atoms with Crippen LogP contribution in [-0.2, 0) is 34.4 Å². The van der Waals surface area contributed by atoms with E-state index < -0.39 is 46.7 Å². The van der Waals surface area contributed by atoms with Crippen molar-refractivity contribution in [1.82, 2.24) is 0 Å². The van der Waals surface area contributed by atoms with E-state index in [4.69, 9.17) is 0 Å². The first kappa shape index (κ1) is 22.2. The third-order valence-electron chi connectivity index (χ3n) is 4.61. The molecule has 1 heterocycles. The number of ether oxygens (including phenoxy) is 1. The minimum atomic E-state index is -4.18. The minimum absolute atomic E-state index is 0.0276. The molecule has 0 aliphatic carbocycles. The summed E-state index contributed by atoms with van der Waals surface area (Å²) >= 11 is 0.